The monoisotopic (exact) mass is 475 g/mol. The lowest BCUT2D eigenvalue weighted by atomic mass is 10.1. The van der Waals surface area contributed by atoms with Gasteiger partial charge in [0.2, 0.25) is 0 Å². The van der Waals surface area contributed by atoms with E-state index < -0.39 is 16.1 Å². The number of aryl methyl sites for hydroxylation is 1. The Bertz CT molecular complexity index is 1210. The summed E-state index contributed by atoms with van der Waals surface area (Å²) in [6.45, 7) is 3.62. The molecule has 1 atom stereocenters. The molecular weight excluding hydrogens is 450 g/mol. The third kappa shape index (κ3) is 4.64. The molecule has 0 amide bonds. The van der Waals surface area contributed by atoms with E-state index in [-0.39, 0.29) is 4.90 Å². The van der Waals surface area contributed by atoms with Crippen LogP contribution in [0.15, 0.2) is 65.6 Å². The number of hydrogen-bond donors (Lipinski definition) is 0. The van der Waals surface area contributed by atoms with Crippen LogP contribution in [0.2, 0.25) is 5.02 Å². The van der Waals surface area contributed by atoms with E-state index in [1.807, 2.05) is 6.92 Å². The molecule has 0 saturated carbocycles. The molecule has 3 aromatic carbocycles. The van der Waals surface area contributed by atoms with Crippen LogP contribution >= 0.6 is 11.6 Å². The minimum atomic E-state index is -4.01. The van der Waals surface area contributed by atoms with Crippen LogP contribution in [0.3, 0.4) is 0 Å². The minimum absolute atomic E-state index is 0.0876. The summed E-state index contributed by atoms with van der Waals surface area (Å²) in [5.41, 5.74) is 1.89. The van der Waals surface area contributed by atoms with Crippen LogP contribution in [0.1, 0.15) is 24.1 Å². The second kappa shape index (κ2) is 9.71. The molecule has 0 aliphatic heterocycles. The largest absolute Gasteiger partial charge is 0.497 e. The van der Waals surface area contributed by atoms with Gasteiger partial charge in [0, 0.05) is 16.7 Å². The molecule has 6 nitrogen and oxygen atoms in total. The normalized spacial score (nSPS) is 12.2. The van der Waals surface area contributed by atoms with E-state index in [0.717, 1.165) is 5.56 Å². The van der Waals surface area contributed by atoms with Crippen molar-refractivity contribution in [2.24, 2.45) is 0 Å². The molecule has 8 heteroatoms. The molecule has 32 heavy (non-hydrogen) atoms. The van der Waals surface area contributed by atoms with Gasteiger partial charge in [-0.2, -0.15) is 0 Å². The van der Waals surface area contributed by atoms with E-state index in [1.165, 1.54) is 17.5 Å². The van der Waals surface area contributed by atoms with Gasteiger partial charge in [0.1, 0.15) is 17.2 Å². The van der Waals surface area contributed by atoms with E-state index in [0.29, 0.717) is 33.5 Å². The maximum Gasteiger partial charge on any atom is 0.264 e. The molecule has 0 N–H and O–H groups in total. The van der Waals surface area contributed by atoms with Crippen molar-refractivity contribution < 1.29 is 22.6 Å². The smallest absolute Gasteiger partial charge is 0.264 e. The zero-order valence-electron chi connectivity index (χ0n) is 18.6. The molecular formula is C24H26ClNO5S. The fraction of sp³-hybridized carbons (Fsp3) is 0.250. The average molecular weight is 476 g/mol. The van der Waals surface area contributed by atoms with Gasteiger partial charge in [0.25, 0.3) is 10.0 Å². The first-order valence-corrected chi connectivity index (χ1v) is 11.7. The van der Waals surface area contributed by atoms with Gasteiger partial charge >= 0.3 is 0 Å². The van der Waals surface area contributed by atoms with E-state index in [1.54, 1.807) is 75.7 Å². The van der Waals surface area contributed by atoms with Gasteiger partial charge in [-0.3, -0.25) is 4.31 Å². The molecule has 0 aliphatic carbocycles. The Balaban J connectivity index is 2.24. The summed E-state index contributed by atoms with van der Waals surface area (Å²) >= 11 is 6.26. The molecule has 0 saturated heterocycles. The first-order valence-electron chi connectivity index (χ1n) is 9.89. The van der Waals surface area contributed by atoms with E-state index >= 15 is 0 Å². The lowest BCUT2D eigenvalue weighted by Crippen LogP contribution is -2.34. The lowest BCUT2D eigenvalue weighted by molar-refractivity contribution is 0.396. The lowest BCUT2D eigenvalue weighted by Gasteiger charge is -2.32. The Morgan fingerprint density at radius 2 is 1.56 bits per heavy atom. The molecule has 0 aromatic heterocycles. The van der Waals surface area contributed by atoms with Crippen LogP contribution in [0.4, 0.5) is 5.69 Å². The van der Waals surface area contributed by atoms with E-state index in [2.05, 4.69) is 0 Å². The molecule has 0 bridgehead atoms. The quantitative estimate of drug-likeness (QED) is 0.422. The van der Waals surface area contributed by atoms with Crippen LogP contribution in [0.25, 0.3) is 0 Å². The van der Waals surface area contributed by atoms with Crippen LogP contribution in [-0.4, -0.2) is 29.7 Å². The number of sulfonamides is 1. The molecule has 3 rings (SSSR count). The number of anilines is 1. The third-order valence-corrected chi connectivity index (χ3v) is 7.55. The van der Waals surface area contributed by atoms with Gasteiger partial charge in [0.15, 0.2) is 0 Å². The zero-order chi connectivity index (χ0) is 23.5. The Hall–Kier alpha value is -2.90. The van der Waals surface area contributed by atoms with Crippen molar-refractivity contribution in [3.8, 4) is 17.2 Å². The van der Waals surface area contributed by atoms with Crippen molar-refractivity contribution in [3.05, 3.63) is 76.8 Å². The van der Waals surface area contributed by atoms with Gasteiger partial charge < -0.3 is 14.2 Å². The zero-order valence-corrected chi connectivity index (χ0v) is 20.2. The topological polar surface area (TPSA) is 65.1 Å². The first-order chi connectivity index (χ1) is 15.2. The van der Waals surface area contributed by atoms with Gasteiger partial charge in [-0.1, -0.05) is 23.7 Å². The Kier molecular flexibility index (Phi) is 7.21. The molecule has 0 unspecified atom stereocenters. The number of nitrogens with zero attached hydrogens (tertiary/aromatic N) is 1. The van der Waals surface area contributed by atoms with Gasteiger partial charge in [0.05, 0.1) is 38.0 Å². The summed E-state index contributed by atoms with van der Waals surface area (Å²) < 4.78 is 45.4. The summed E-state index contributed by atoms with van der Waals surface area (Å²) in [6, 6.07) is 16.3. The number of ether oxygens (including phenoxy) is 3. The van der Waals surface area contributed by atoms with E-state index in [4.69, 9.17) is 25.8 Å². The van der Waals surface area contributed by atoms with Crippen LogP contribution in [-0.2, 0) is 10.0 Å². The summed E-state index contributed by atoms with van der Waals surface area (Å²) in [6.07, 6.45) is 0. The summed E-state index contributed by atoms with van der Waals surface area (Å²) in [5.74, 6) is 1.67. The SMILES string of the molecule is COc1cccc(N([C@H](C)c2cc(OC)ccc2OC)S(=O)(=O)c2ccc(C)c(Cl)c2)c1. The van der Waals surface area contributed by atoms with Crippen LogP contribution in [0, 0.1) is 6.92 Å². The molecule has 0 radical (unpaired) electrons. The number of hydrogen-bond acceptors (Lipinski definition) is 5. The number of halogens is 1. The molecule has 170 valence electrons. The van der Waals surface area contributed by atoms with Crippen molar-refractivity contribution in [1.29, 1.82) is 0 Å². The Morgan fingerprint density at radius 1 is 0.875 bits per heavy atom. The third-order valence-electron chi connectivity index (χ3n) is 5.25. The van der Waals surface area contributed by atoms with Crippen molar-refractivity contribution in [1.82, 2.24) is 0 Å². The number of methoxy groups -OCH3 is 3. The van der Waals surface area contributed by atoms with Gasteiger partial charge in [-0.25, -0.2) is 8.42 Å². The fourth-order valence-corrected chi connectivity index (χ4v) is 5.36. The second-order valence-electron chi connectivity index (χ2n) is 7.20. The van der Waals surface area contributed by atoms with Gasteiger partial charge in [-0.15, -0.1) is 0 Å². The highest BCUT2D eigenvalue weighted by Crippen LogP contribution is 2.39. The maximum atomic E-state index is 13.9. The summed E-state index contributed by atoms with van der Waals surface area (Å²) in [7, 11) is 0.621. The first kappa shape index (κ1) is 23.8. The molecule has 3 aromatic rings. The highest BCUT2D eigenvalue weighted by atomic mass is 35.5. The summed E-state index contributed by atoms with van der Waals surface area (Å²) in [5, 5.41) is 0.378. The van der Waals surface area contributed by atoms with Crippen LogP contribution in [0.5, 0.6) is 17.2 Å². The van der Waals surface area contributed by atoms with Crippen molar-refractivity contribution in [3.63, 3.8) is 0 Å². The molecule has 0 fully saturated rings. The second-order valence-corrected chi connectivity index (χ2v) is 9.42. The number of benzene rings is 3. The van der Waals surface area contributed by atoms with E-state index in [9.17, 15) is 8.42 Å². The van der Waals surface area contributed by atoms with Gasteiger partial charge in [-0.05, 0) is 61.9 Å². The van der Waals surface area contributed by atoms with Crippen LogP contribution < -0.4 is 18.5 Å². The van der Waals surface area contributed by atoms with Crippen molar-refractivity contribution in [2.45, 2.75) is 24.8 Å². The highest BCUT2D eigenvalue weighted by molar-refractivity contribution is 7.92. The molecule has 0 spiro atoms. The predicted molar refractivity (Wildman–Crippen MR) is 127 cm³/mol. The molecule has 0 heterocycles. The predicted octanol–water partition coefficient (Wildman–Crippen LogP) is 5.63. The minimum Gasteiger partial charge on any atom is -0.497 e. The average Bonchev–Trinajstić information content (AvgIpc) is 2.80. The maximum absolute atomic E-state index is 13.9. The summed E-state index contributed by atoms with van der Waals surface area (Å²) in [4.78, 5) is 0.0876. The highest BCUT2D eigenvalue weighted by Gasteiger charge is 2.32. The van der Waals surface area contributed by atoms with Crippen molar-refractivity contribution >= 4 is 27.3 Å². The standard InChI is InChI=1S/C24H26ClNO5S/c1-16-9-11-21(15-23(16)25)32(27,28)26(18-7-6-8-19(13-18)29-3)17(2)22-14-20(30-4)10-12-24(22)31-5/h6-15,17H,1-5H3/t17-/m1/s1. The Labute approximate surface area is 194 Å². The molecule has 0 aliphatic rings. The number of rotatable bonds is 8. The Morgan fingerprint density at radius 3 is 2.19 bits per heavy atom. The van der Waals surface area contributed by atoms with Crippen molar-refractivity contribution in [2.75, 3.05) is 25.6 Å². The fourth-order valence-electron chi connectivity index (χ4n) is 3.46.